The average molecular weight is 244 g/mol. The van der Waals surface area contributed by atoms with Crippen LogP contribution in [0.1, 0.15) is 20.8 Å². The van der Waals surface area contributed by atoms with E-state index < -0.39 is 16.1 Å². The van der Waals surface area contributed by atoms with Crippen LogP contribution in [0.25, 0.3) is 0 Å². The molecule has 0 bridgehead atoms. The maximum Gasteiger partial charge on any atom is 0.0520 e. The molecule has 90 valence electrons. The standard InChI is InChI=1S/C12H29NSi2/c1-12(2,3)13-10-11(14(4,5)6)15(7,8)9/h10-11H,1-9H3. The highest BCUT2D eigenvalue weighted by atomic mass is 28.4. The third-order valence-electron chi connectivity index (χ3n) is 2.48. The topological polar surface area (TPSA) is 12.4 Å². The predicted molar refractivity (Wildman–Crippen MR) is 78.7 cm³/mol. The van der Waals surface area contributed by atoms with Crippen molar-refractivity contribution < 1.29 is 0 Å². The van der Waals surface area contributed by atoms with E-state index in [2.05, 4.69) is 66.3 Å². The summed E-state index contributed by atoms with van der Waals surface area (Å²) in [6, 6.07) is 0. The second kappa shape index (κ2) is 4.54. The number of rotatable bonds is 3. The summed E-state index contributed by atoms with van der Waals surface area (Å²) in [5, 5.41) is 0.782. The first kappa shape index (κ1) is 15.1. The molecule has 0 heterocycles. The van der Waals surface area contributed by atoms with Crippen molar-refractivity contribution in [2.45, 2.75) is 70.8 Å². The monoisotopic (exact) mass is 243 g/mol. The number of nitrogens with zero attached hydrogens (tertiary/aromatic N) is 1. The Morgan fingerprint density at radius 3 is 1.40 bits per heavy atom. The van der Waals surface area contributed by atoms with Gasteiger partial charge in [-0.15, -0.1) is 0 Å². The Morgan fingerprint density at radius 1 is 0.867 bits per heavy atom. The summed E-state index contributed by atoms with van der Waals surface area (Å²) < 4.78 is 0. The van der Waals surface area contributed by atoms with Gasteiger partial charge in [0.25, 0.3) is 0 Å². The summed E-state index contributed by atoms with van der Waals surface area (Å²) in [7, 11) is -2.22. The van der Waals surface area contributed by atoms with Crippen LogP contribution >= 0.6 is 0 Å². The number of hydrogen-bond donors (Lipinski definition) is 0. The Hall–Kier alpha value is 0.104. The molecule has 0 atom stereocenters. The van der Waals surface area contributed by atoms with Crippen molar-refractivity contribution in [3.05, 3.63) is 0 Å². The van der Waals surface area contributed by atoms with Crippen molar-refractivity contribution in [1.29, 1.82) is 0 Å². The first-order chi connectivity index (χ1) is 6.34. The van der Waals surface area contributed by atoms with Crippen LogP contribution in [0, 0.1) is 0 Å². The van der Waals surface area contributed by atoms with Crippen LogP contribution in [0.2, 0.25) is 44.4 Å². The van der Waals surface area contributed by atoms with Crippen LogP contribution in [0.4, 0.5) is 0 Å². The maximum absolute atomic E-state index is 4.73. The molecule has 0 saturated heterocycles. The second-order valence-electron chi connectivity index (χ2n) is 7.66. The van der Waals surface area contributed by atoms with Gasteiger partial charge in [0.05, 0.1) is 21.7 Å². The SMILES string of the molecule is CC(C)(C)N=CC([Si](C)(C)C)[Si](C)(C)C. The quantitative estimate of drug-likeness (QED) is 0.513. The fraction of sp³-hybridized carbons (Fsp3) is 0.917. The van der Waals surface area contributed by atoms with Gasteiger partial charge in [0.2, 0.25) is 0 Å². The minimum absolute atomic E-state index is 0.0809. The van der Waals surface area contributed by atoms with Crippen molar-refractivity contribution in [2.75, 3.05) is 0 Å². The Kier molecular flexibility index (Phi) is 4.57. The lowest BCUT2D eigenvalue weighted by atomic mass is 10.1. The predicted octanol–water partition coefficient (Wildman–Crippen LogP) is 4.44. The van der Waals surface area contributed by atoms with Gasteiger partial charge < -0.3 is 0 Å². The normalized spacial score (nSPS) is 15.3. The molecule has 1 nitrogen and oxygen atoms in total. The molecule has 0 aliphatic heterocycles. The van der Waals surface area contributed by atoms with E-state index in [-0.39, 0.29) is 5.54 Å². The fourth-order valence-electron chi connectivity index (χ4n) is 2.04. The Bertz CT molecular complexity index is 211. The third kappa shape index (κ3) is 6.30. The lowest BCUT2D eigenvalue weighted by Gasteiger charge is -2.36. The summed E-state index contributed by atoms with van der Waals surface area (Å²) in [6.07, 6.45) is 2.29. The van der Waals surface area contributed by atoms with Gasteiger partial charge in [0.1, 0.15) is 0 Å². The fourth-order valence-corrected chi connectivity index (χ4v) is 13.5. The zero-order chi connectivity index (χ0) is 12.5. The van der Waals surface area contributed by atoms with Gasteiger partial charge in [-0.1, -0.05) is 39.3 Å². The van der Waals surface area contributed by atoms with E-state index in [1.165, 1.54) is 0 Å². The third-order valence-corrected chi connectivity index (χ3v) is 11.7. The molecular formula is C12H29NSi2. The molecule has 0 radical (unpaired) electrons. The van der Waals surface area contributed by atoms with Crippen molar-refractivity contribution in [3.8, 4) is 0 Å². The molecule has 0 amide bonds. The zero-order valence-corrected chi connectivity index (χ0v) is 14.1. The van der Waals surface area contributed by atoms with Crippen molar-refractivity contribution >= 4 is 22.4 Å². The lowest BCUT2D eigenvalue weighted by Crippen LogP contribution is -2.45. The minimum Gasteiger partial charge on any atom is -0.292 e. The van der Waals surface area contributed by atoms with E-state index in [1.807, 2.05) is 0 Å². The van der Waals surface area contributed by atoms with Crippen molar-refractivity contribution in [3.63, 3.8) is 0 Å². The smallest absolute Gasteiger partial charge is 0.0520 e. The van der Waals surface area contributed by atoms with Crippen LogP contribution in [0.3, 0.4) is 0 Å². The largest absolute Gasteiger partial charge is 0.292 e. The Balaban J connectivity index is 4.94. The average Bonchev–Trinajstić information content (AvgIpc) is 1.75. The molecule has 0 aromatic carbocycles. The van der Waals surface area contributed by atoms with Crippen LogP contribution in [0.5, 0.6) is 0 Å². The molecule has 0 aromatic rings. The highest BCUT2D eigenvalue weighted by Gasteiger charge is 2.36. The van der Waals surface area contributed by atoms with Gasteiger partial charge in [-0.05, 0) is 32.2 Å². The van der Waals surface area contributed by atoms with Gasteiger partial charge >= 0.3 is 0 Å². The number of hydrogen-bond acceptors (Lipinski definition) is 1. The van der Waals surface area contributed by atoms with Gasteiger partial charge in [-0.3, -0.25) is 4.99 Å². The highest BCUT2D eigenvalue weighted by Crippen LogP contribution is 2.30. The van der Waals surface area contributed by atoms with E-state index >= 15 is 0 Å². The molecule has 0 aliphatic rings. The van der Waals surface area contributed by atoms with Crippen LogP contribution in [-0.4, -0.2) is 27.9 Å². The second-order valence-corrected chi connectivity index (χ2v) is 18.9. The van der Waals surface area contributed by atoms with E-state index in [4.69, 9.17) is 4.99 Å². The molecule has 0 aliphatic carbocycles. The molecule has 15 heavy (non-hydrogen) atoms. The van der Waals surface area contributed by atoms with E-state index in [9.17, 15) is 0 Å². The van der Waals surface area contributed by atoms with E-state index in [0.717, 1.165) is 5.16 Å². The summed E-state index contributed by atoms with van der Waals surface area (Å²) in [6.45, 7) is 21.3. The summed E-state index contributed by atoms with van der Waals surface area (Å²) in [5.41, 5.74) is 0.0809. The molecular weight excluding hydrogens is 214 g/mol. The summed E-state index contributed by atoms with van der Waals surface area (Å²) in [5.74, 6) is 0. The highest BCUT2D eigenvalue weighted by molar-refractivity contribution is 6.99. The van der Waals surface area contributed by atoms with Crippen LogP contribution in [-0.2, 0) is 0 Å². The molecule has 0 spiro atoms. The Labute approximate surface area is 98.4 Å². The van der Waals surface area contributed by atoms with Gasteiger partial charge in [0.15, 0.2) is 0 Å². The Morgan fingerprint density at radius 2 is 1.20 bits per heavy atom. The van der Waals surface area contributed by atoms with Gasteiger partial charge in [-0.25, -0.2) is 0 Å². The molecule has 0 rings (SSSR count). The van der Waals surface area contributed by atoms with Crippen molar-refractivity contribution in [1.82, 2.24) is 0 Å². The molecule has 0 saturated carbocycles. The maximum atomic E-state index is 4.73. The van der Waals surface area contributed by atoms with Crippen LogP contribution < -0.4 is 0 Å². The van der Waals surface area contributed by atoms with E-state index in [1.54, 1.807) is 0 Å². The van der Waals surface area contributed by atoms with Gasteiger partial charge in [-0.2, -0.15) is 0 Å². The minimum atomic E-state index is -1.11. The van der Waals surface area contributed by atoms with Gasteiger partial charge in [0, 0.05) is 0 Å². The van der Waals surface area contributed by atoms with Crippen LogP contribution in [0.15, 0.2) is 4.99 Å². The first-order valence-electron chi connectivity index (χ1n) is 5.89. The molecule has 0 N–H and O–H groups in total. The lowest BCUT2D eigenvalue weighted by molar-refractivity contribution is 0.585. The zero-order valence-electron chi connectivity index (χ0n) is 12.1. The van der Waals surface area contributed by atoms with E-state index in [0.29, 0.717) is 0 Å². The summed E-state index contributed by atoms with van der Waals surface area (Å²) in [4.78, 5) is 4.73. The summed E-state index contributed by atoms with van der Waals surface area (Å²) >= 11 is 0. The molecule has 0 aromatic heterocycles. The first-order valence-corrected chi connectivity index (χ1v) is 13.0. The number of aliphatic imine (C=N–C) groups is 1. The van der Waals surface area contributed by atoms with Crippen molar-refractivity contribution in [2.24, 2.45) is 4.99 Å². The molecule has 0 unspecified atom stereocenters. The molecule has 3 heteroatoms. The molecule has 0 fully saturated rings.